The summed E-state index contributed by atoms with van der Waals surface area (Å²) in [6.45, 7) is 2.09. The Bertz CT molecular complexity index is 1230. The Labute approximate surface area is 191 Å². The maximum Gasteiger partial charge on any atom is 0.232 e. The minimum atomic E-state index is -0.301. The molecule has 0 fully saturated rings. The molecule has 0 amide bonds. The number of Topliss-reactive ketones (excluding diaryl/α,β-unsaturated/α-hetero) is 1. The number of carbonyl (C=O) groups excluding carboxylic acids is 1. The van der Waals surface area contributed by atoms with Gasteiger partial charge in [-0.2, -0.15) is 0 Å². The molecule has 0 unspecified atom stereocenters. The second-order valence-electron chi connectivity index (χ2n) is 7.39. The van der Waals surface area contributed by atoms with Gasteiger partial charge in [-0.1, -0.05) is 12.1 Å². The lowest BCUT2D eigenvalue weighted by Gasteiger charge is -2.14. The van der Waals surface area contributed by atoms with E-state index in [-0.39, 0.29) is 24.0 Å². The first kappa shape index (κ1) is 22.2. The van der Waals surface area contributed by atoms with Crippen LogP contribution in [0, 0.1) is 12.7 Å². The maximum absolute atomic E-state index is 13.1. The van der Waals surface area contributed by atoms with Gasteiger partial charge in [-0.15, -0.1) is 0 Å². The van der Waals surface area contributed by atoms with Gasteiger partial charge in [-0.05, 0) is 54.5 Å². The average Bonchev–Trinajstić information content (AvgIpc) is 3.13. The van der Waals surface area contributed by atoms with Gasteiger partial charge in [0.15, 0.2) is 17.3 Å². The van der Waals surface area contributed by atoms with Crippen LogP contribution in [0.2, 0.25) is 0 Å². The summed E-state index contributed by atoms with van der Waals surface area (Å²) in [5.41, 5.74) is 2.65. The van der Waals surface area contributed by atoms with Crippen molar-refractivity contribution in [2.75, 3.05) is 21.3 Å². The molecule has 1 heterocycles. The van der Waals surface area contributed by atoms with E-state index in [1.54, 1.807) is 42.5 Å². The first-order valence-electron chi connectivity index (χ1n) is 10.2. The summed E-state index contributed by atoms with van der Waals surface area (Å²) in [7, 11) is 4.57. The number of hydrogen-bond donors (Lipinski definition) is 0. The molecule has 33 heavy (non-hydrogen) atoms. The van der Waals surface area contributed by atoms with Crippen LogP contribution in [0.4, 0.5) is 4.39 Å². The van der Waals surface area contributed by atoms with Crippen LogP contribution in [0.25, 0.3) is 6.08 Å². The molecule has 170 valence electrons. The van der Waals surface area contributed by atoms with E-state index in [1.807, 2.05) is 6.92 Å². The van der Waals surface area contributed by atoms with Crippen molar-refractivity contribution in [2.45, 2.75) is 13.5 Å². The third-order valence-electron chi connectivity index (χ3n) is 5.28. The zero-order valence-corrected chi connectivity index (χ0v) is 18.7. The smallest absolute Gasteiger partial charge is 0.232 e. The van der Waals surface area contributed by atoms with Crippen LogP contribution >= 0.6 is 0 Å². The quantitative estimate of drug-likeness (QED) is 0.452. The summed E-state index contributed by atoms with van der Waals surface area (Å²) in [5.74, 6) is 1.95. The first-order chi connectivity index (χ1) is 15.9. The van der Waals surface area contributed by atoms with Crippen LogP contribution in [0.3, 0.4) is 0 Å². The van der Waals surface area contributed by atoms with Gasteiger partial charge in [0.05, 0.1) is 26.9 Å². The van der Waals surface area contributed by atoms with E-state index < -0.39 is 0 Å². The second-order valence-corrected chi connectivity index (χ2v) is 7.39. The molecule has 3 aromatic carbocycles. The van der Waals surface area contributed by atoms with Crippen molar-refractivity contribution in [1.29, 1.82) is 0 Å². The molecule has 0 N–H and O–H groups in total. The lowest BCUT2D eigenvalue weighted by Crippen LogP contribution is -2.01. The van der Waals surface area contributed by atoms with Crippen molar-refractivity contribution in [3.8, 4) is 28.7 Å². The van der Waals surface area contributed by atoms with Gasteiger partial charge in [0, 0.05) is 11.6 Å². The molecule has 0 aromatic heterocycles. The normalized spacial score (nSPS) is 13.5. The van der Waals surface area contributed by atoms with E-state index in [0.717, 1.165) is 11.1 Å². The monoisotopic (exact) mass is 450 g/mol. The molecule has 0 spiro atoms. The zero-order valence-electron chi connectivity index (χ0n) is 18.7. The molecule has 6 nitrogen and oxygen atoms in total. The fraction of sp³-hybridized carbons (Fsp3) is 0.192. The van der Waals surface area contributed by atoms with E-state index in [4.69, 9.17) is 23.7 Å². The Morgan fingerprint density at radius 2 is 1.67 bits per heavy atom. The largest absolute Gasteiger partial charge is 0.493 e. The molecule has 7 heteroatoms. The number of carbonyl (C=O) groups is 1. The van der Waals surface area contributed by atoms with Crippen molar-refractivity contribution in [3.05, 3.63) is 82.4 Å². The second kappa shape index (κ2) is 9.24. The first-order valence-corrected chi connectivity index (χ1v) is 10.2. The van der Waals surface area contributed by atoms with Gasteiger partial charge in [0.2, 0.25) is 11.5 Å². The number of allylic oxidation sites excluding steroid dienone is 1. The summed E-state index contributed by atoms with van der Waals surface area (Å²) in [6.07, 6.45) is 1.61. The zero-order chi connectivity index (χ0) is 23.5. The summed E-state index contributed by atoms with van der Waals surface area (Å²) in [5, 5.41) is 0. The number of halogens is 1. The van der Waals surface area contributed by atoms with Crippen molar-refractivity contribution in [3.63, 3.8) is 0 Å². The minimum Gasteiger partial charge on any atom is -0.493 e. The highest BCUT2D eigenvalue weighted by molar-refractivity contribution is 6.15. The Balaban J connectivity index is 1.61. The number of methoxy groups -OCH3 is 3. The molecule has 1 aliphatic rings. The summed E-state index contributed by atoms with van der Waals surface area (Å²) in [6, 6.07) is 13.0. The molecule has 0 saturated heterocycles. The highest BCUT2D eigenvalue weighted by Gasteiger charge is 2.30. The standard InChI is InChI=1S/C26H23FO6/c1-15-11-19(32-14-16-5-8-18(27)9-6-16)13-21-23(15)24(28)22(33-21)12-17-7-10-20(29-2)26(31-4)25(17)30-3/h5-13H,14H2,1-4H3/b22-12-. The SMILES string of the molecule is COc1ccc(/C=C2\Oc3cc(OCc4ccc(F)cc4)cc(C)c3C2=O)c(OC)c1OC. The van der Waals surface area contributed by atoms with Crippen LogP contribution in [0.5, 0.6) is 28.7 Å². The van der Waals surface area contributed by atoms with E-state index in [2.05, 4.69) is 0 Å². The fourth-order valence-corrected chi connectivity index (χ4v) is 3.69. The van der Waals surface area contributed by atoms with Crippen LogP contribution < -0.4 is 23.7 Å². The molecule has 0 atom stereocenters. The Morgan fingerprint density at radius 1 is 0.939 bits per heavy atom. The lowest BCUT2D eigenvalue weighted by atomic mass is 10.0. The van der Waals surface area contributed by atoms with E-state index in [9.17, 15) is 9.18 Å². The number of benzene rings is 3. The number of ketones is 1. The van der Waals surface area contributed by atoms with Crippen LogP contribution in [0.15, 0.2) is 54.3 Å². The molecule has 1 aliphatic heterocycles. The van der Waals surface area contributed by atoms with E-state index in [1.165, 1.54) is 33.5 Å². The number of hydrogen-bond acceptors (Lipinski definition) is 6. The number of rotatable bonds is 7. The summed E-state index contributed by atoms with van der Waals surface area (Å²) in [4.78, 5) is 13.1. The molecule has 3 aromatic rings. The predicted octanol–water partition coefficient (Wildman–Crippen LogP) is 5.36. The van der Waals surface area contributed by atoms with Gasteiger partial charge in [0.1, 0.15) is 23.9 Å². The molecular formula is C26H23FO6. The van der Waals surface area contributed by atoms with E-state index >= 15 is 0 Å². The van der Waals surface area contributed by atoms with Crippen LogP contribution in [-0.2, 0) is 6.61 Å². The summed E-state index contributed by atoms with van der Waals surface area (Å²) >= 11 is 0. The molecular weight excluding hydrogens is 427 g/mol. The van der Waals surface area contributed by atoms with Gasteiger partial charge in [0.25, 0.3) is 0 Å². The minimum absolute atomic E-state index is 0.161. The highest BCUT2D eigenvalue weighted by Crippen LogP contribution is 2.42. The molecule has 0 aliphatic carbocycles. The van der Waals surface area contributed by atoms with Gasteiger partial charge >= 0.3 is 0 Å². The Hall–Kier alpha value is -4.00. The average molecular weight is 450 g/mol. The predicted molar refractivity (Wildman–Crippen MR) is 121 cm³/mol. The van der Waals surface area contributed by atoms with Crippen LogP contribution in [-0.4, -0.2) is 27.1 Å². The van der Waals surface area contributed by atoms with Crippen molar-refractivity contribution in [2.24, 2.45) is 0 Å². The number of ether oxygens (including phenoxy) is 5. The number of fused-ring (bicyclic) bond motifs is 1. The van der Waals surface area contributed by atoms with Crippen molar-refractivity contribution < 1.29 is 32.9 Å². The number of aryl methyl sites for hydroxylation is 1. The van der Waals surface area contributed by atoms with Gasteiger partial charge in [-0.3, -0.25) is 4.79 Å². The highest BCUT2D eigenvalue weighted by atomic mass is 19.1. The fourth-order valence-electron chi connectivity index (χ4n) is 3.69. The topological polar surface area (TPSA) is 63.2 Å². The Kier molecular flexibility index (Phi) is 6.22. The van der Waals surface area contributed by atoms with E-state index in [0.29, 0.717) is 39.9 Å². The van der Waals surface area contributed by atoms with Crippen molar-refractivity contribution in [1.82, 2.24) is 0 Å². The van der Waals surface area contributed by atoms with Gasteiger partial charge < -0.3 is 23.7 Å². The van der Waals surface area contributed by atoms with Gasteiger partial charge in [-0.25, -0.2) is 4.39 Å². The molecule has 4 rings (SSSR count). The van der Waals surface area contributed by atoms with Crippen LogP contribution in [0.1, 0.15) is 27.0 Å². The lowest BCUT2D eigenvalue weighted by molar-refractivity contribution is 0.101. The Morgan fingerprint density at radius 3 is 2.33 bits per heavy atom. The molecule has 0 saturated carbocycles. The third-order valence-corrected chi connectivity index (χ3v) is 5.28. The maximum atomic E-state index is 13.1. The molecule has 0 radical (unpaired) electrons. The van der Waals surface area contributed by atoms with Crippen molar-refractivity contribution >= 4 is 11.9 Å². The third kappa shape index (κ3) is 4.35. The summed E-state index contributed by atoms with van der Waals surface area (Å²) < 4.78 is 41.0. The molecule has 0 bridgehead atoms.